The lowest BCUT2D eigenvalue weighted by Crippen LogP contribution is -1.81. The number of aromatic amines is 1. The summed E-state index contributed by atoms with van der Waals surface area (Å²) in [6.07, 6.45) is 0. The van der Waals surface area contributed by atoms with Crippen LogP contribution >= 0.6 is 0 Å². The molecule has 0 spiro atoms. The van der Waals surface area contributed by atoms with Gasteiger partial charge in [0.1, 0.15) is 5.82 Å². The normalized spacial score (nSPS) is 10.3. The van der Waals surface area contributed by atoms with Crippen molar-refractivity contribution in [2.24, 2.45) is 0 Å². The van der Waals surface area contributed by atoms with Crippen LogP contribution in [0.1, 0.15) is 0 Å². The Bertz CT molecular complexity index is 465. The maximum atomic E-state index is 9.52. The highest BCUT2D eigenvalue weighted by Gasteiger charge is 2.09. The third kappa shape index (κ3) is 1.24. The molecule has 72 valence electrons. The van der Waals surface area contributed by atoms with Gasteiger partial charge in [0.25, 0.3) is 0 Å². The number of nitrogens with one attached hydrogen (secondary N) is 1. The summed E-state index contributed by atoms with van der Waals surface area (Å²) in [6, 6.07) is 6.26. The van der Waals surface area contributed by atoms with Gasteiger partial charge in [0.2, 0.25) is 0 Å². The quantitative estimate of drug-likeness (QED) is 0.507. The first kappa shape index (κ1) is 8.43. The second kappa shape index (κ2) is 2.95. The lowest BCUT2D eigenvalue weighted by molar-refractivity contribution is 0.405. The SMILES string of the molecule is Nc1cc(-c2cccc(O)c2O)[nH]n1. The molecule has 2 rings (SSSR count). The number of aromatic hydroxyl groups is 2. The number of nitrogens with zero attached hydrogens (tertiary/aromatic N) is 1. The van der Waals surface area contributed by atoms with Crippen LogP contribution < -0.4 is 5.73 Å². The maximum Gasteiger partial charge on any atom is 0.166 e. The van der Waals surface area contributed by atoms with Crippen molar-refractivity contribution in [1.29, 1.82) is 0 Å². The van der Waals surface area contributed by atoms with Crippen LogP contribution in [0.25, 0.3) is 11.3 Å². The Morgan fingerprint density at radius 2 is 2.07 bits per heavy atom. The van der Waals surface area contributed by atoms with Gasteiger partial charge < -0.3 is 15.9 Å². The summed E-state index contributed by atoms with van der Waals surface area (Å²) in [7, 11) is 0. The average Bonchev–Trinajstić information content (AvgIpc) is 2.57. The van der Waals surface area contributed by atoms with Gasteiger partial charge in [-0.3, -0.25) is 5.10 Å². The monoisotopic (exact) mass is 191 g/mol. The minimum absolute atomic E-state index is 0.171. The fraction of sp³-hybridized carbons (Fsp3) is 0. The van der Waals surface area contributed by atoms with Crippen LogP contribution in [0.5, 0.6) is 11.5 Å². The Hall–Kier alpha value is -2.17. The van der Waals surface area contributed by atoms with Crippen LogP contribution in [0.3, 0.4) is 0 Å². The number of hydrogen-bond acceptors (Lipinski definition) is 4. The Morgan fingerprint density at radius 1 is 1.29 bits per heavy atom. The summed E-state index contributed by atoms with van der Waals surface area (Å²) < 4.78 is 0. The lowest BCUT2D eigenvalue weighted by Gasteiger charge is -2.02. The van der Waals surface area contributed by atoms with E-state index in [0.717, 1.165) is 0 Å². The topological polar surface area (TPSA) is 95.2 Å². The molecule has 0 aliphatic rings. The summed E-state index contributed by atoms with van der Waals surface area (Å²) in [4.78, 5) is 0. The van der Waals surface area contributed by atoms with Crippen LogP contribution in [0.4, 0.5) is 5.82 Å². The van der Waals surface area contributed by atoms with E-state index in [2.05, 4.69) is 10.2 Å². The predicted octanol–water partition coefficient (Wildman–Crippen LogP) is 1.07. The molecule has 5 nitrogen and oxygen atoms in total. The van der Waals surface area contributed by atoms with Gasteiger partial charge in [0.15, 0.2) is 11.5 Å². The molecule has 1 heterocycles. The van der Waals surface area contributed by atoms with E-state index >= 15 is 0 Å². The molecule has 0 aliphatic carbocycles. The molecule has 0 unspecified atom stereocenters. The lowest BCUT2D eigenvalue weighted by atomic mass is 10.1. The number of phenols is 2. The molecule has 5 N–H and O–H groups in total. The molecule has 0 saturated carbocycles. The first-order valence-electron chi connectivity index (χ1n) is 4.00. The number of hydrogen-bond donors (Lipinski definition) is 4. The molecule has 0 aliphatic heterocycles. The number of para-hydroxylation sites is 1. The highest BCUT2D eigenvalue weighted by molar-refractivity contribution is 5.71. The van der Waals surface area contributed by atoms with E-state index in [-0.39, 0.29) is 11.5 Å². The number of nitrogen functional groups attached to an aromatic ring is 1. The van der Waals surface area contributed by atoms with Crippen molar-refractivity contribution in [3.63, 3.8) is 0 Å². The molecule has 2 aromatic rings. The first-order valence-corrected chi connectivity index (χ1v) is 4.00. The van der Waals surface area contributed by atoms with Crippen LogP contribution in [0, 0.1) is 0 Å². The molecule has 0 atom stereocenters. The minimum Gasteiger partial charge on any atom is -0.504 e. The van der Waals surface area contributed by atoms with E-state index in [9.17, 15) is 10.2 Å². The van der Waals surface area contributed by atoms with Crippen molar-refractivity contribution in [2.45, 2.75) is 0 Å². The van der Waals surface area contributed by atoms with Gasteiger partial charge in [0, 0.05) is 11.6 Å². The number of nitrogens with two attached hydrogens (primary N) is 1. The third-order valence-electron chi connectivity index (χ3n) is 1.90. The highest BCUT2D eigenvalue weighted by atomic mass is 16.3. The van der Waals surface area contributed by atoms with E-state index in [1.165, 1.54) is 6.07 Å². The molecule has 0 bridgehead atoms. The average molecular weight is 191 g/mol. The van der Waals surface area contributed by atoms with Crippen LogP contribution in [-0.2, 0) is 0 Å². The summed E-state index contributed by atoms with van der Waals surface area (Å²) >= 11 is 0. The Kier molecular flexibility index (Phi) is 1.78. The summed E-state index contributed by atoms with van der Waals surface area (Å²) in [5.41, 5.74) is 6.45. The van der Waals surface area contributed by atoms with E-state index < -0.39 is 0 Å². The molecule has 14 heavy (non-hydrogen) atoms. The van der Waals surface area contributed by atoms with Crippen molar-refractivity contribution in [2.75, 3.05) is 5.73 Å². The summed E-state index contributed by atoms with van der Waals surface area (Å²) in [5, 5.41) is 25.1. The molecule has 0 radical (unpaired) electrons. The van der Waals surface area contributed by atoms with Crippen molar-refractivity contribution in [3.8, 4) is 22.8 Å². The number of phenolic OH excluding ortho intramolecular Hbond substituents is 2. The zero-order valence-electron chi connectivity index (χ0n) is 7.23. The predicted molar refractivity (Wildman–Crippen MR) is 51.8 cm³/mol. The smallest absolute Gasteiger partial charge is 0.166 e. The zero-order valence-corrected chi connectivity index (χ0v) is 7.23. The molecule has 5 heteroatoms. The number of anilines is 1. The summed E-state index contributed by atoms with van der Waals surface area (Å²) in [5.74, 6) is -0.0189. The van der Waals surface area contributed by atoms with Gasteiger partial charge >= 0.3 is 0 Å². The van der Waals surface area contributed by atoms with Crippen molar-refractivity contribution < 1.29 is 10.2 Å². The van der Waals surface area contributed by atoms with E-state index in [0.29, 0.717) is 17.1 Å². The molecule has 1 aromatic heterocycles. The molecular weight excluding hydrogens is 182 g/mol. The second-order valence-electron chi connectivity index (χ2n) is 2.88. The zero-order chi connectivity index (χ0) is 10.1. The minimum atomic E-state index is -0.184. The van der Waals surface area contributed by atoms with Crippen molar-refractivity contribution in [1.82, 2.24) is 10.2 Å². The van der Waals surface area contributed by atoms with Gasteiger partial charge in [-0.2, -0.15) is 5.10 Å². The highest BCUT2D eigenvalue weighted by Crippen LogP contribution is 2.35. The van der Waals surface area contributed by atoms with Gasteiger partial charge in [-0.15, -0.1) is 0 Å². The standard InChI is InChI=1S/C9H9N3O2/c10-8-4-6(11-12-8)5-2-1-3-7(13)9(5)14/h1-4,13-14H,(H3,10,11,12). The first-order chi connectivity index (χ1) is 6.68. The van der Waals surface area contributed by atoms with Crippen LogP contribution in [0.15, 0.2) is 24.3 Å². The van der Waals surface area contributed by atoms with Gasteiger partial charge in [-0.05, 0) is 12.1 Å². The van der Waals surface area contributed by atoms with Gasteiger partial charge in [0.05, 0.1) is 5.69 Å². The Labute approximate surface area is 79.8 Å². The van der Waals surface area contributed by atoms with Gasteiger partial charge in [-0.1, -0.05) is 6.07 Å². The van der Waals surface area contributed by atoms with Gasteiger partial charge in [-0.25, -0.2) is 0 Å². The number of benzene rings is 1. The fourth-order valence-electron chi connectivity index (χ4n) is 1.22. The fourth-order valence-corrected chi connectivity index (χ4v) is 1.22. The number of aromatic nitrogens is 2. The molecule has 1 aromatic carbocycles. The van der Waals surface area contributed by atoms with Crippen molar-refractivity contribution >= 4 is 5.82 Å². The molecule has 0 fully saturated rings. The third-order valence-corrected chi connectivity index (χ3v) is 1.90. The molecular formula is C9H9N3O2. The Balaban J connectivity index is 2.57. The van der Waals surface area contributed by atoms with E-state index in [1.807, 2.05) is 0 Å². The van der Waals surface area contributed by atoms with Crippen LogP contribution in [0.2, 0.25) is 0 Å². The van der Waals surface area contributed by atoms with E-state index in [4.69, 9.17) is 5.73 Å². The number of rotatable bonds is 1. The largest absolute Gasteiger partial charge is 0.504 e. The number of H-pyrrole nitrogens is 1. The Morgan fingerprint density at radius 3 is 2.71 bits per heavy atom. The maximum absolute atomic E-state index is 9.52. The van der Waals surface area contributed by atoms with Crippen LogP contribution in [-0.4, -0.2) is 20.4 Å². The molecule has 0 saturated heterocycles. The summed E-state index contributed by atoms with van der Waals surface area (Å²) in [6.45, 7) is 0. The van der Waals surface area contributed by atoms with Crippen molar-refractivity contribution in [3.05, 3.63) is 24.3 Å². The molecule has 0 amide bonds. The second-order valence-corrected chi connectivity index (χ2v) is 2.88. The van der Waals surface area contributed by atoms with E-state index in [1.54, 1.807) is 18.2 Å².